The molecule has 5 nitrogen and oxygen atoms in total. The molecule has 0 bridgehead atoms. The number of hydrogen-bond acceptors (Lipinski definition) is 3. The number of nitrogens with one attached hydrogen (secondary N) is 1. The van der Waals surface area contributed by atoms with Crippen LogP contribution in [0.3, 0.4) is 0 Å². The van der Waals surface area contributed by atoms with Crippen LogP contribution in [0.15, 0.2) is 24.3 Å². The van der Waals surface area contributed by atoms with Gasteiger partial charge < -0.3 is 10.1 Å². The first-order valence-corrected chi connectivity index (χ1v) is 6.94. The Morgan fingerprint density at radius 3 is 2.65 bits per heavy atom. The number of carbonyl (C=O) groups is 1. The van der Waals surface area contributed by atoms with Crippen LogP contribution in [-0.4, -0.2) is 30.7 Å². The molecule has 90 valence electrons. The third-order valence-corrected chi connectivity index (χ3v) is 3.18. The Balaban J connectivity index is 2.47. The summed E-state index contributed by atoms with van der Waals surface area (Å²) >= 11 is 0. The van der Waals surface area contributed by atoms with Crippen molar-refractivity contribution in [1.29, 1.82) is 0 Å². The molecule has 0 unspecified atom stereocenters. The van der Waals surface area contributed by atoms with Crippen LogP contribution in [0.25, 0.3) is 10.9 Å². The summed E-state index contributed by atoms with van der Waals surface area (Å²) in [6.45, 7) is 0. The molecule has 0 spiro atoms. The highest BCUT2D eigenvalue weighted by Crippen LogP contribution is 2.18. The molecular formula is C11H11NO4S. The first-order valence-electron chi connectivity index (χ1n) is 4.88. The number of hydrogen-bond donors (Lipinski definition) is 2. The van der Waals surface area contributed by atoms with Crippen LogP contribution in [-0.2, 0) is 15.6 Å². The van der Waals surface area contributed by atoms with E-state index < -0.39 is 15.8 Å². The molecule has 0 atom stereocenters. The van der Waals surface area contributed by atoms with E-state index in [-0.39, 0.29) is 11.3 Å². The van der Waals surface area contributed by atoms with Crippen molar-refractivity contribution in [2.45, 2.75) is 5.75 Å². The van der Waals surface area contributed by atoms with Gasteiger partial charge in [0.2, 0.25) is 0 Å². The number of fused-ring (bicyclic) bond motifs is 1. The molecule has 2 N–H and O–H groups in total. The van der Waals surface area contributed by atoms with Gasteiger partial charge in [-0.05, 0) is 23.6 Å². The highest BCUT2D eigenvalue weighted by Gasteiger charge is 2.09. The molecule has 2 rings (SSSR count). The van der Waals surface area contributed by atoms with Gasteiger partial charge in [0.25, 0.3) is 0 Å². The first kappa shape index (κ1) is 11.7. The molecule has 0 fully saturated rings. The minimum absolute atomic E-state index is 0.0793. The third-order valence-electron chi connectivity index (χ3n) is 2.34. The van der Waals surface area contributed by atoms with Crippen LogP contribution in [0.4, 0.5) is 0 Å². The zero-order valence-corrected chi connectivity index (χ0v) is 9.91. The van der Waals surface area contributed by atoms with Gasteiger partial charge in [-0.3, -0.25) is 0 Å². The van der Waals surface area contributed by atoms with E-state index in [2.05, 4.69) is 4.98 Å². The number of aromatic carboxylic acids is 1. The lowest BCUT2D eigenvalue weighted by Gasteiger charge is -1.94. The number of carboxylic acids is 1. The molecule has 0 amide bonds. The third kappa shape index (κ3) is 2.65. The lowest BCUT2D eigenvalue weighted by Crippen LogP contribution is -2.00. The summed E-state index contributed by atoms with van der Waals surface area (Å²) in [5.74, 6) is -1.09. The molecule has 1 aromatic heterocycles. The second kappa shape index (κ2) is 3.89. The van der Waals surface area contributed by atoms with Crippen LogP contribution < -0.4 is 0 Å². The lowest BCUT2D eigenvalue weighted by molar-refractivity contribution is 0.0697. The van der Waals surface area contributed by atoms with Gasteiger partial charge in [0.1, 0.15) is 0 Å². The molecule has 2 aromatic rings. The molecule has 0 radical (unpaired) electrons. The Morgan fingerprint density at radius 2 is 2.06 bits per heavy atom. The van der Waals surface area contributed by atoms with E-state index in [4.69, 9.17) is 5.11 Å². The average molecular weight is 253 g/mol. The summed E-state index contributed by atoms with van der Waals surface area (Å²) in [5, 5.41) is 9.63. The van der Waals surface area contributed by atoms with E-state index in [1.165, 1.54) is 12.1 Å². The van der Waals surface area contributed by atoms with Crippen LogP contribution in [0.2, 0.25) is 0 Å². The van der Waals surface area contributed by atoms with Crippen molar-refractivity contribution in [3.63, 3.8) is 0 Å². The predicted molar refractivity (Wildman–Crippen MR) is 63.8 cm³/mol. The van der Waals surface area contributed by atoms with Gasteiger partial charge in [0.15, 0.2) is 9.84 Å². The van der Waals surface area contributed by atoms with Crippen molar-refractivity contribution in [3.05, 3.63) is 35.5 Å². The van der Waals surface area contributed by atoms with Crippen LogP contribution in [0.1, 0.15) is 16.1 Å². The van der Waals surface area contributed by atoms with Gasteiger partial charge in [-0.15, -0.1) is 0 Å². The minimum atomic E-state index is -3.10. The maximum absolute atomic E-state index is 11.1. The fraction of sp³-hybridized carbons (Fsp3) is 0.182. The molecule has 0 aliphatic heterocycles. The number of aromatic amines is 1. The quantitative estimate of drug-likeness (QED) is 0.865. The highest BCUT2D eigenvalue weighted by atomic mass is 32.2. The van der Waals surface area contributed by atoms with Gasteiger partial charge in [-0.1, -0.05) is 6.07 Å². The van der Waals surface area contributed by atoms with E-state index >= 15 is 0 Å². The number of carboxylic acid groups (broad SMARTS) is 1. The second-order valence-electron chi connectivity index (χ2n) is 3.97. The van der Waals surface area contributed by atoms with Gasteiger partial charge in [0, 0.05) is 17.5 Å². The van der Waals surface area contributed by atoms with Crippen molar-refractivity contribution in [2.75, 3.05) is 6.26 Å². The van der Waals surface area contributed by atoms with E-state index in [0.29, 0.717) is 11.2 Å². The summed E-state index contributed by atoms with van der Waals surface area (Å²) in [6, 6.07) is 6.34. The molecular weight excluding hydrogens is 242 g/mol. The summed E-state index contributed by atoms with van der Waals surface area (Å²) in [4.78, 5) is 13.7. The van der Waals surface area contributed by atoms with Crippen LogP contribution in [0.5, 0.6) is 0 Å². The predicted octanol–water partition coefficient (Wildman–Crippen LogP) is 1.41. The van der Waals surface area contributed by atoms with Crippen LogP contribution in [0, 0.1) is 0 Å². The van der Waals surface area contributed by atoms with E-state index in [0.717, 1.165) is 11.6 Å². The van der Waals surface area contributed by atoms with Crippen molar-refractivity contribution in [2.24, 2.45) is 0 Å². The fourth-order valence-corrected chi connectivity index (χ4v) is 2.40. The van der Waals surface area contributed by atoms with Gasteiger partial charge in [0.05, 0.1) is 11.3 Å². The standard InChI is InChI=1S/C11H11NO4S/c1-17(15,16)6-9-4-7-2-3-8(11(13)14)5-10(7)12-9/h2-5,12H,6H2,1H3,(H,13,14). The van der Waals surface area contributed by atoms with Gasteiger partial charge in [-0.2, -0.15) is 0 Å². The zero-order valence-electron chi connectivity index (χ0n) is 9.10. The number of aromatic nitrogens is 1. The second-order valence-corrected chi connectivity index (χ2v) is 6.11. The summed E-state index contributed by atoms with van der Waals surface area (Å²) in [5.41, 5.74) is 1.36. The number of sulfone groups is 1. The Kier molecular flexibility index (Phi) is 2.66. The SMILES string of the molecule is CS(=O)(=O)Cc1cc2ccc(C(=O)O)cc2[nH]1. The molecule has 0 saturated carbocycles. The Labute approximate surface area is 98.0 Å². The molecule has 17 heavy (non-hydrogen) atoms. The fourth-order valence-electron chi connectivity index (χ4n) is 1.68. The van der Waals surface area contributed by atoms with Gasteiger partial charge >= 0.3 is 5.97 Å². The number of benzene rings is 1. The first-order chi connectivity index (χ1) is 7.85. The van der Waals surface area contributed by atoms with Crippen molar-refractivity contribution in [1.82, 2.24) is 4.98 Å². The Hall–Kier alpha value is -1.82. The minimum Gasteiger partial charge on any atom is -0.478 e. The number of H-pyrrole nitrogens is 1. The average Bonchev–Trinajstić information content (AvgIpc) is 2.54. The molecule has 6 heteroatoms. The van der Waals surface area contributed by atoms with Gasteiger partial charge in [-0.25, -0.2) is 13.2 Å². The lowest BCUT2D eigenvalue weighted by atomic mass is 10.2. The van der Waals surface area contributed by atoms with E-state index in [9.17, 15) is 13.2 Å². The zero-order chi connectivity index (χ0) is 12.6. The Morgan fingerprint density at radius 1 is 1.35 bits per heavy atom. The van der Waals surface area contributed by atoms with Crippen molar-refractivity contribution >= 4 is 26.7 Å². The smallest absolute Gasteiger partial charge is 0.335 e. The molecule has 0 saturated heterocycles. The summed E-state index contributed by atoms with van der Waals surface area (Å²) < 4.78 is 22.3. The molecule has 0 aliphatic carbocycles. The van der Waals surface area contributed by atoms with E-state index in [1.807, 2.05) is 0 Å². The number of rotatable bonds is 3. The van der Waals surface area contributed by atoms with Crippen molar-refractivity contribution < 1.29 is 18.3 Å². The van der Waals surface area contributed by atoms with Crippen molar-refractivity contribution in [3.8, 4) is 0 Å². The maximum Gasteiger partial charge on any atom is 0.335 e. The van der Waals surface area contributed by atoms with E-state index in [1.54, 1.807) is 12.1 Å². The molecule has 0 aliphatic rings. The molecule has 1 aromatic carbocycles. The maximum atomic E-state index is 11.1. The Bertz CT molecular complexity index is 685. The topological polar surface area (TPSA) is 87.2 Å². The van der Waals surface area contributed by atoms with Crippen LogP contribution >= 0.6 is 0 Å². The highest BCUT2D eigenvalue weighted by molar-refractivity contribution is 7.89. The summed E-state index contributed by atoms with van der Waals surface area (Å²) in [7, 11) is -3.10. The summed E-state index contributed by atoms with van der Waals surface area (Å²) in [6.07, 6.45) is 1.15. The molecule has 1 heterocycles. The monoisotopic (exact) mass is 253 g/mol. The largest absolute Gasteiger partial charge is 0.478 e. The normalized spacial score (nSPS) is 11.8.